The molecule has 2 fully saturated rings. The average Bonchev–Trinajstić information content (AvgIpc) is 2.80. The zero-order chi connectivity index (χ0) is 15.6. The lowest BCUT2D eigenvalue weighted by Crippen LogP contribution is -2.52. The Bertz CT molecular complexity index is 434. The summed E-state index contributed by atoms with van der Waals surface area (Å²) in [4.78, 5) is 37.3. The molecule has 0 spiro atoms. The van der Waals surface area contributed by atoms with Gasteiger partial charge in [-0.05, 0) is 12.8 Å². The SMILES string of the molecule is CC(=O)NC1CCN(C(=O)N2C[C@H](O)C[C@H]2C(=O)O)CC1. The number of hydrogen-bond donors (Lipinski definition) is 3. The van der Waals surface area contributed by atoms with Crippen molar-refractivity contribution < 1.29 is 24.6 Å². The Hall–Kier alpha value is -1.83. The maximum Gasteiger partial charge on any atom is 0.326 e. The molecule has 0 aliphatic carbocycles. The second-order valence-electron chi connectivity index (χ2n) is 5.64. The van der Waals surface area contributed by atoms with Crippen molar-refractivity contribution in [3.63, 3.8) is 0 Å². The molecule has 21 heavy (non-hydrogen) atoms. The first-order valence-electron chi connectivity index (χ1n) is 7.12. The normalized spacial score (nSPS) is 26.8. The molecule has 2 heterocycles. The van der Waals surface area contributed by atoms with Crippen LogP contribution in [-0.4, -0.2) is 75.7 Å². The fourth-order valence-corrected chi connectivity index (χ4v) is 2.94. The first kappa shape index (κ1) is 15.6. The quantitative estimate of drug-likeness (QED) is 0.620. The van der Waals surface area contributed by atoms with E-state index in [1.165, 1.54) is 11.8 Å². The van der Waals surface area contributed by atoms with Crippen LogP contribution in [0.25, 0.3) is 0 Å². The Morgan fingerprint density at radius 2 is 1.81 bits per heavy atom. The second-order valence-corrected chi connectivity index (χ2v) is 5.64. The summed E-state index contributed by atoms with van der Waals surface area (Å²) in [7, 11) is 0. The molecule has 0 aromatic heterocycles. The van der Waals surface area contributed by atoms with Crippen LogP contribution in [0, 0.1) is 0 Å². The molecule has 2 aliphatic heterocycles. The highest BCUT2D eigenvalue weighted by atomic mass is 16.4. The number of urea groups is 1. The van der Waals surface area contributed by atoms with Gasteiger partial charge in [-0.1, -0.05) is 0 Å². The van der Waals surface area contributed by atoms with Gasteiger partial charge in [-0.25, -0.2) is 9.59 Å². The van der Waals surface area contributed by atoms with Crippen LogP contribution in [-0.2, 0) is 9.59 Å². The van der Waals surface area contributed by atoms with E-state index < -0.39 is 18.1 Å². The molecule has 2 saturated heterocycles. The Morgan fingerprint density at radius 3 is 2.33 bits per heavy atom. The van der Waals surface area contributed by atoms with Gasteiger partial charge in [0.15, 0.2) is 0 Å². The van der Waals surface area contributed by atoms with Crippen molar-refractivity contribution >= 4 is 17.9 Å². The largest absolute Gasteiger partial charge is 0.480 e. The molecule has 0 radical (unpaired) electrons. The molecule has 0 saturated carbocycles. The van der Waals surface area contributed by atoms with Gasteiger partial charge in [0.05, 0.1) is 6.10 Å². The minimum absolute atomic E-state index is 0.0570. The molecule has 0 aromatic carbocycles. The fourth-order valence-electron chi connectivity index (χ4n) is 2.94. The van der Waals surface area contributed by atoms with E-state index in [-0.39, 0.29) is 30.9 Å². The number of aliphatic carboxylic acids is 1. The number of nitrogens with zero attached hydrogens (tertiary/aromatic N) is 2. The number of β-amino-alcohol motifs (C(OH)–C–C–N with tert-alkyl or cyclic N) is 1. The number of piperidine rings is 1. The van der Waals surface area contributed by atoms with Crippen molar-refractivity contribution in [1.29, 1.82) is 0 Å². The van der Waals surface area contributed by atoms with Gasteiger partial charge in [0, 0.05) is 39.0 Å². The average molecular weight is 299 g/mol. The number of amides is 3. The number of aliphatic hydroxyl groups is 1. The van der Waals surface area contributed by atoms with E-state index in [2.05, 4.69) is 5.32 Å². The van der Waals surface area contributed by atoms with Crippen LogP contribution in [0.15, 0.2) is 0 Å². The van der Waals surface area contributed by atoms with E-state index in [4.69, 9.17) is 5.11 Å². The Labute approximate surface area is 122 Å². The highest BCUT2D eigenvalue weighted by molar-refractivity contribution is 5.83. The smallest absolute Gasteiger partial charge is 0.326 e. The molecular weight excluding hydrogens is 278 g/mol. The summed E-state index contributed by atoms with van der Waals surface area (Å²) < 4.78 is 0. The van der Waals surface area contributed by atoms with Gasteiger partial charge in [-0.2, -0.15) is 0 Å². The number of carbonyl (C=O) groups excluding carboxylic acids is 2. The van der Waals surface area contributed by atoms with Gasteiger partial charge in [-0.3, -0.25) is 4.79 Å². The Morgan fingerprint density at radius 1 is 1.19 bits per heavy atom. The highest BCUT2D eigenvalue weighted by Crippen LogP contribution is 2.21. The predicted molar refractivity (Wildman–Crippen MR) is 72.6 cm³/mol. The van der Waals surface area contributed by atoms with Crippen molar-refractivity contribution in [3.8, 4) is 0 Å². The van der Waals surface area contributed by atoms with Gasteiger partial charge in [-0.15, -0.1) is 0 Å². The summed E-state index contributed by atoms with van der Waals surface area (Å²) in [6.07, 6.45) is 0.592. The lowest BCUT2D eigenvalue weighted by molar-refractivity contribution is -0.141. The predicted octanol–water partition coefficient (Wildman–Crippen LogP) is -0.773. The first-order chi connectivity index (χ1) is 9.88. The number of likely N-dealkylation sites (tertiary alicyclic amines) is 2. The molecule has 8 nitrogen and oxygen atoms in total. The number of carboxylic acids is 1. The number of carbonyl (C=O) groups is 3. The van der Waals surface area contributed by atoms with Gasteiger partial charge < -0.3 is 25.3 Å². The van der Waals surface area contributed by atoms with Gasteiger partial charge in [0.2, 0.25) is 5.91 Å². The van der Waals surface area contributed by atoms with Crippen LogP contribution in [0.3, 0.4) is 0 Å². The third-order valence-electron chi connectivity index (χ3n) is 3.98. The molecule has 0 aromatic rings. The molecule has 2 rings (SSSR count). The molecule has 8 heteroatoms. The molecule has 2 atom stereocenters. The van der Waals surface area contributed by atoms with Crippen LogP contribution in [0.5, 0.6) is 0 Å². The van der Waals surface area contributed by atoms with E-state index in [1.54, 1.807) is 4.90 Å². The van der Waals surface area contributed by atoms with Gasteiger partial charge in [0.1, 0.15) is 6.04 Å². The summed E-state index contributed by atoms with van der Waals surface area (Å²) >= 11 is 0. The third-order valence-corrected chi connectivity index (χ3v) is 3.98. The number of aliphatic hydroxyl groups excluding tert-OH is 1. The van der Waals surface area contributed by atoms with Crippen LogP contribution in [0.1, 0.15) is 26.2 Å². The number of rotatable bonds is 2. The summed E-state index contributed by atoms with van der Waals surface area (Å²) in [5.41, 5.74) is 0. The van der Waals surface area contributed by atoms with E-state index in [1.807, 2.05) is 0 Å². The van der Waals surface area contributed by atoms with Gasteiger partial charge >= 0.3 is 12.0 Å². The summed E-state index contributed by atoms with van der Waals surface area (Å²) in [6.45, 7) is 2.47. The molecule has 0 bridgehead atoms. The van der Waals surface area contributed by atoms with E-state index >= 15 is 0 Å². The topological polar surface area (TPSA) is 110 Å². The lowest BCUT2D eigenvalue weighted by atomic mass is 10.1. The zero-order valence-corrected chi connectivity index (χ0v) is 12.0. The monoisotopic (exact) mass is 299 g/mol. The molecule has 2 aliphatic rings. The molecule has 0 unspecified atom stereocenters. The maximum absolute atomic E-state index is 12.4. The standard InChI is InChI=1S/C13H21N3O5/c1-8(17)14-9-2-4-15(5-3-9)13(21)16-7-10(18)6-11(16)12(19)20/h9-11,18H,2-7H2,1H3,(H,14,17)(H,19,20)/t10-,11+/m1/s1. The first-order valence-corrected chi connectivity index (χ1v) is 7.12. The fraction of sp³-hybridized carbons (Fsp3) is 0.769. The molecular formula is C13H21N3O5. The lowest BCUT2D eigenvalue weighted by Gasteiger charge is -2.35. The van der Waals surface area contributed by atoms with Gasteiger partial charge in [0.25, 0.3) is 0 Å². The Kier molecular flexibility index (Phi) is 4.66. The number of nitrogens with one attached hydrogen (secondary N) is 1. The third kappa shape index (κ3) is 3.63. The summed E-state index contributed by atoms with van der Waals surface area (Å²) in [6, 6.07) is -1.24. The van der Waals surface area contributed by atoms with Crippen molar-refractivity contribution in [1.82, 2.24) is 15.1 Å². The summed E-state index contributed by atoms with van der Waals surface area (Å²) in [5.74, 6) is -1.18. The molecule has 118 valence electrons. The summed E-state index contributed by atoms with van der Waals surface area (Å²) in [5, 5.41) is 21.5. The zero-order valence-electron chi connectivity index (χ0n) is 12.0. The highest BCUT2D eigenvalue weighted by Gasteiger charge is 2.41. The Balaban J connectivity index is 1.92. The van der Waals surface area contributed by atoms with E-state index in [0.717, 1.165) is 0 Å². The number of hydrogen-bond acceptors (Lipinski definition) is 4. The second kappa shape index (κ2) is 6.30. The van der Waals surface area contributed by atoms with Crippen LogP contribution >= 0.6 is 0 Å². The van der Waals surface area contributed by atoms with Crippen LogP contribution < -0.4 is 5.32 Å². The molecule has 3 N–H and O–H groups in total. The van der Waals surface area contributed by atoms with E-state index in [0.29, 0.717) is 25.9 Å². The maximum atomic E-state index is 12.4. The van der Waals surface area contributed by atoms with E-state index in [9.17, 15) is 19.5 Å². The number of carboxylic acid groups (broad SMARTS) is 1. The van der Waals surface area contributed by atoms with Crippen molar-refractivity contribution in [3.05, 3.63) is 0 Å². The minimum atomic E-state index is -1.09. The molecule has 3 amide bonds. The minimum Gasteiger partial charge on any atom is -0.480 e. The van der Waals surface area contributed by atoms with Crippen molar-refractivity contribution in [2.24, 2.45) is 0 Å². The van der Waals surface area contributed by atoms with Crippen LogP contribution in [0.2, 0.25) is 0 Å². The van der Waals surface area contributed by atoms with Crippen molar-refractivity contribution in [2.75, 3.05) is 19.6 Å². The van der Waals surface area contributed by atoms with Crippen LogP contribution in [0.4, 0.5) is 4.79 Å². The van der Waals surface area contributed by atoms with Crippen molar-refractivity contribution in [2.45, 2.75) is 44.4 Å².